The minimum absolute atomic E-state index is 0.131. The molecule has 31 heavy (non-hydrogen) atoms. The number of benzene rings is 2. The molecule has 0 N–H and O–H groups in total. The van der Waals surface area contributed by atoms with Crippen LogP contribution in [0.15, 0.2) is 42.5 Å². The van der Waals surface area contributed by atoms with Gasteiger partial charge in [-0.05, 0) is 55.7 Å². The van der Waals surface area contributed by atoms with E-state index in [-0.39, 0.29) is 18.3 Å². The van der Waals surface area contributed by atoms with E-state index < -0.39 is 17.2 Å². The first-order chi connectivity index (χ1) is 14.5. The van der Waals surface area contributed by atoms with Crippen LogP contribution >= 0.6 is 11.6 Å². The number of nitrogens with zero attached hydrogens (tertiary/aromatic N) is 1. The predicted molar refractivity (Wildman–Crippen MR) is 115 cm³/mol. The fourth-order valence-electron chi connectivity index (χ4n) is 3.06. The zero-order valence-electron chi connectivity index (χ0n) is 18.1. The summed E-state index contributed by atoms with van der Waals surface area (Å²) in [6, 6.07) is 10.4. The third-order valence-electron chi connectivity index (χ3n) is 4.97. The molecule has 0 aliphatic heterocycles. The van der Waals surface area contributed by atoms with Crippen molar-refractivity contribution in [2.24, 2.45) is 5.41 Å². The van der Waals surface area contributed by atoms with E-state index in [9.17, 15) is 18.0 Å². The number of carbonyl (C=O) groups excluding carboxylic acids is 1. The summed E-state index contributed by atoms with van der Waals surface area (Å²) in [4.78, 5) is 14.7. The summed E-state index contributed by atoms with van der Waals surface area (Å²) in [5, 5.41) is 0. The molecule has 1 amide bonds. The zero-order valence-corrected chi connectivity index (χ0v) is 18.8. The molecule has 0 heterocycles. The summed E-state index contributed by atoms with van der Waals surface area (Å²) in [7, 11) is 3.10. The highest BCUT2D eigenvalue weighted by Crippen LogP contribution is 2.30. The lowest BCUT2D eigenvalue weighted by molar-refractivity contribution is -0.140. The molecule has 0 radical (unpaired) electrons. The Morgan fingerprint density at radius 2 is 1.55 bits per heavy atom. The maximum absolute atomic E-state index is 13.1. The molecule has 0 aromatic heterocycles. The highest BCUT2D eigenvalue weighted by Gasteiger charge is 2.32. The van der Waals surface area contributed by atoms with Crippen LogP contribution in [0.1, 0.15) is 30.5 Å². The number of hydrogen-bond acceptors (Lipinski definition) is 3. The highest BCUT2D eigenvalue weighted by atomic mass is 35.5. The van der Waals surface area contributed by atoms with E-state index in [0.29, 0.717) is 30.0 Å². The van der Waals surface area contributed by atoms with Gasteiger partial charge in [0.1, 0.15) is 0 Å². The molecular formula is C23H27ClF3NO3. The summed E-state index contributed by atoms with van der Waals surface area (Å²) < 4.78 is 49.1. The van der Waals surface area contributed by atoms with Gasteiger partial charge in [-0.15, -0.1) is 11.6 Å². The Balaban J connectivity index is 2.22. The quantitative estimate of drug-likeness (QED) is 0.463. The Hall–Kier alpha value is -2.41. The first-order valence-electron chi connectivity index (χ1n) is 9.74. The van der Waals surface area contributed by atoms with Gasteiger partial charge in [0.25, 0.3) is 0 Å². The van der Waals surface area contributed by atoms with Gasteiger partial charge in [-0.3, -0.25) is 4.79 Å². The number of carbonyl (C=O) groups is 1. The van der Waals surface area contributed by atoms with E-state index in [0.717, 1.165) is 17.7 Å². The summed E-state index contributed by atoms with van der Waals surface area (Å²) in [5.41, 5.74) is 0.0246. The third-order valence-corrected chi connectivity index (χ3v) is 5.64. The predicted octanol–water partition coefficient (Wildman–Crippen LogP) is 5.56. The summed E-state index contributed by atoms with van der Waals surface area (Å²) in [6.07, 6.45) is -3.87. The van der Waals surface area contributed by atoms with Crippen LogP contribution in [-0.4, -0.2) is 37.5 Å². The summed E-state index contributed by atoms with van der Waals surface area (Å²) >= 11 is 5.99. The lowest BCUT2D eigenvalue weighted by Gasteiger charge is -2.31. The van der Waals surface area contributed by atoms with Crippen LogP contribution in [0.25, 0.3) is 0 Å². The lowest BCUT2D eigenvalue weighted by atomic mass is 9.93. The average molecular weight is 458 g/mol. The van der Waals surface area contributed by atoms with Crippen LogP contribution in [0.5, 0.6) is 11.5 Å². The van der Waals surface area contributed by atoms with Gasteiger partial charge in [-0.1, -0.05) is 18.2 Å². The minimum Gasteiger partial charge on any atom is -0.493 e. The van der Waals surface area contributed by atoms with Gasteiger partial charge < -0.3 is 14.4 Å². The molecule has 0 atom stereocenters. The van der Waals surface area contributed by atoms with Gasteiger partial charge in [0.15, 0.2) is 11.5 Å². The smallest absolute Gasteiger partial charge is 0.416 e. The number of ether oxygens (including phenoxy) is 2. The van der Waals surface area contributed by atoms with Gasteiger partial charge in [0.2, 0.25) is 5.91 Å². The van der Waals surface area contributed by atoms with Gasteiger partial charge >= 0.3 is 6.18 Å². The number of amides is 1. The van der Waals surface area contributed by atoms with Crippen LogP contribution in [0.2, 0.25) is 0 Å². The third kappa shape index (κ3) is 6.53. The van der Waals surface area contributed by atoms with Crippen molar-refractivity contribution in [2.45, 2.75) is 33.0 Å². The molecule has 8 heteroatoms. The molecule has 2 aromatic carbocycles. The molecule has 4 nitrogen and oxygen atoms in total. The fraction of sp³-hybridized carbons (Fsp3) is 0.435. The minimum atomic E-state index is -4.40. The molecule has 0 saturated carbocycles. The monoisotopic (exact) mass is 457 g/mol. The van der Waals surface area contributed by atoms with Crippen molar-refractivity contribution >= 4 is 17.5 Å². The number of alkyl halides is 4. The average Bonchev–Trinajstić information content (AvgIpc) is 2.75. The van der Waals surface area contributed by atoms with Crippen molar-refractivity contribution in [1.82, 2.24) is 4.90 Å². The topological polar surface area (TPSA) is 38.8 Å². The maximum Gasteiger partial charge on any atom is 0.416 e. The van der Waals surface area contributed by atoms with Gasteiger partial charge in [-0.2, -0.15) is 13.2 Å². The molecule has 170 valence electrons. The van der Waals surface area contributed by atoms with Crippen molar-refractivity contribution in [2.75, 3.05) is 26.6 Å². The van der Waals surface area contributed by atoms with Crippen molar-refractivity contribution in [1.29, 1.82) is 0 Å². The van der Waals surface area contributed by atoms with Crippen LogP contribution in [0.4, 0.5) is 13.2 Å². The molecular weight excluding hydrogens is 431 g/mol. The Morgan fingerprint density at radius 3 is 2.06 bits per heavy atom. The number of hydrogen-bond donors (Lipinski definition) is 0. The second kappa shape index (κ2) is 10.3. The van der Waals surface area contributed by atoms with Crippen molar-refractivity contribution in [3.8, 4) is 11.5 Å². The molecule has 0 aliphatic rings. The Labute approximate surface area is 185 Å². The van der Waals surface area contributed by atoms with Crippen molar-refractivity contribution in [3.05, 3.63) is 59.2 Å². The Bertz CT molecular complexity index is 883. The fourth-order valence-corrected chi connectivity index (χ4v) is 3.17. The van der Waals surface area contributed by atoms with E-state index in [1.165, 1.54) is 12.1 Å². The number of rotatable bonds is 9. The SMILES string of the molecule is COc1ccc(CCN(Cc2ccc(C(F)(F)F)cc2)C(=O)C(C)(C)CCl)cc1OC. The van der Waals surface area contributed by atoms with Crippen LogP contribution in [0, 0.1) is 5.41 Å². The number of methoxy groups -OCH3 is 2. The van der Waals surface area contributed by atoms with Gasteiger partial charge in [0, 0.05) is 19.0 Å². The Morgan fingerprint density at radius 1 is 0.968 bits per heavy atom. The molecule has 0 spiro atoms. The molecule has 0 unspecified atom stereocenters. The second-order valence-electron chi connectivity index (χ2n) is 7.88. The van der Waals surface area contributed by atoms with E-state index >= 15 is 0 Å². The second-order valence-corrected chi connectivity index (χ2v) is 8.15. The standard InChI is InChI=1S/C23H27ClF3NO3/c1-22(2,15-24)21(29)28(14-17-5-8-18(9-6-17)23(25,26)27)12-11-16-7-10-19(30-3)20(13-16)31-4/h5-10,13H,11-12,14-15H2,1-4H3. The Kier molecular flexibility index (Phi) is 8.23. The van der Waals surface area contributed by atoms with Crippen LogP contribution in [0.3, 0.4) is 0 Å². The lowest BCUT2D eigenvalue weighted by Crippen LogP contribution is -2.42. The highest BCUT2D eigenvalue weighted by molar-refractivity contribution is 6.19. The first kappa shape index (κ1) is 24.9. The summed E-state index contributed by atoms with van der Waals surface area (Å²) in [6.45, 7) is 4.05. The number of halogens is 4. The maximum atomic E-state index is 13.1. The van der Waals surface area contributed by atoms with Gasteiger partial charge in [-0.25, -0.2) is 0 Å². The normalized spacial score (nSPS) is 11.9. The van der Waals surface area contributed by atoms with E-state index in [2.05, 4.69) is 0 Å². The zero-order chi connectivity index (χ0) is 23.2. The largest absolute Gasteiger partial charge is 0.493 e. The molecule has 2 aromatic rings. The molecule has 0 bridgehead atoms. The van der Waals surface area contributed by atoms with E-state index in [1.54, 1.807) is 39.0 Å². The van der Waals surface area contributed by atoms with Crippen LogP contribution < -0.4 is 9.47 Å². The first-order valence-corrected chi connectivity index (χ1v) is 10.3. The molecule has 0 aliphatic carbocycles. The van der Waals surface area contributed by atoms with Gasteiger partial charge in [0.05, 0.1) is 25.2 Å². The van der Waals surface area contributed by atoms with E-state index in [1.807, 2.05) is 12.1 Å². The van der Waals surface area contributed by atoms with Crippen molar-refractivity contribution < 1.29 is 27.4 Å². The van der Waals surface area contributed by atoms with Crippen molar-refractivity contribution in [3.63, 3.8) is 0 Å². The summed E-state index contributed by atoms with van der Waals surface area (Å²) in [5.74, 6) is 1.16. The van der Waals surface area contributed by atoms with E-state index in [4.69, 9.17) is 21.1 Å². The van der Waals surface area contributed by atoms with Crippen LogP contribution in [-0.2, 0) is 23.9 Å². The molecule has 0 saturated heterocycles. The molecule has 0 fully saturated rings. The molecule has 2 rings (SSSR count).